The first kappa shape index (κ1) is 13.1. The second-order valence-corrected chi connectivity index (χ2v) is 5.02. The first-order valence-electron chi connectivity index (χ1n) is 6.55. The lowest BCUT2D eigenvalue weighted by Gasteiger charge is -2.26. The Morgan fingerprint density at radius 1 is 1.33 bits per heavy atom. The fraction of sp³-hybridized carbons (Fsp3) is 0.692. The maximum atomic E-state index is 5.91. The van der Waals surface area contributed by atoms with E-state index in [9.17, 15) is 0 Å². The second kappa shape index (κ2) is 6.00. The normalized spacial score (nSPS) is 23.7. The first-order valence-corrected chi connectivity index (χ1v) is 6.55. The van der Waals surface area contributed by atoms with Crippen molar-refractivity contribution in [2.75, 3.05) is 19.0 Å². The molecule has 5 nitrogen and oxygen atoms in total. The van der Waals surface area contributed by atoms with Crippen LogP contribution in [0.2, 0.25) is 0 Å². The van der Waals surface area contributed by atoms with Gasteiger partial charge in [0.2, 0.25) is 5.88 Å². The van der Waals surface area contributed by atoms with Crippen LogP contribution in [0.3, 0.4) is 0 Å². The predicted molar refractivity (Wildman–Crippen MR) is 71.7 cm³/mol. The molecule has 0 atom stereocenters. The van der Waals surface area contributed by atoms with Crippen LogP contribution in [-0.2, 0) is 0 Å². The summed E-state index contributed by atoms with van der Waals surface area (Å²) >= 11 is 0. The van der Waals surface area contributed by atoms with Crippen LogP contribution in [0.1, 0.15) is 31.2 Å². The molecule has 0 bridgehead atoms. The molecular weight excluding hydrogens is 228 g/mol. The largest absolute Gasteiger partial charge is 0.481 e. The van der Waals surface area contributed by atoms with E-state index < -0.39 is 0 Å². The van der Waals surface area contributed by atoms with E-state index in [-0.39, 0.29) is 0 Å². The highest BCUT2D eigenvalue weighted by Gasteiger charge is 2.18. The van der Waals surface area contributed by atoms with E-state index in [4.69, 9.17) is 10.5 Å². The average molecular weight is 250 g/mol. The molecule has 18 heavy (non-hydrogen) atoms. The zero-order chi connectivity index (χ0) is 13.0. The van der Waals surface area contributed by atoms with Crippen LogP contribution in [0.4, 0.5) is 5.82 Å². The van der Waals surface area contributed by atoms with Crippen molar-refractivity contribution in [3.8, 4) is 5.88 Å². The fourth-order valence-electron chi connectivity index (χ4n) is 2.45. The van der Waals surface area contributed by atoms with Crippen LogP contribution in [0.5, 0.6) is 5.88 Å². The summed E-state index contributed by atoms with van der Waals surface area (Å²) in [4.78, 5) is 8.33. The van der Waals surface area contributed by atoms with E-state index in [1.807, 2.05) is 6.92 Å². The molecule has 1 aliphatic carbocycles. The summed E-state index contributed by atoms with van der Waals surface area (Å²) in [6.45, 7) is 2.92. The van der Waals surface area contributed by atoms with Gasteiger partial charge >= 0.3 is 0 Å². The number of hydrogen-bond acceptors (Lipinski definition) is 5. The van der Waals surface area contributed by atoms with E-state index in [1.165, 1.54) is 19.2 Å². The van der Waals surface area contributed by atoms with Crippen LogP contribution >= 0.6 is 0 Å². The van der Waals surface area contributed by atoms with Gasteiger partial charge in [-0.25, -0.2) is 9.97 Å². The van der Waals surface area contributed by atoms with Crippen molar-refractivity contribution < 1.29 is 4.74 Å². The van der Waals surface area contributed by atoms with Gasteiger partial charge in [0.25, 0.3) is 0 Å². The summed E-state index contributed by atoms with van der Waals surface area (Å²) in [6, 6.07) is 0.405. The number of anilines is 1. The molecule has 0 aliphatic heterocycles. The third kappa shape index (κ3) is 3.10. The fourth-order valence-corrected chi connectivity index (χ4v) is 2.45. The van der Waals surface area contributed by atoms with Crippen molar-refractivity contribution in [2.24, 2.45) is 11.7 Å². The van der Waals surface area contributed by atoms with Crippen molar-refractivity contribution in [1.29, 1.82) is 0 Å². The minimum Gasteiger partial charge on any atom is -0.481 e. The van der Waals surface area contributed by atoms with Crippen molar-refractivity contribution in [1.82, 2.24) is 9.97 Å². The zero-order valence-electron chi connectivity index (χ0n) is 11.1. The molecule has 5 heteroatoms. The summed E-state index contributed by atoms with van der Waals surface area (Å²) in [6.07, 6.45) is 6.21. The minimum absolute atomic E-state index is 0.405. The van der Waals surface area contributed by atoms with Gasteiger partial charge in [0.05, 0.1) is 12.7 Å². The summed E-state index contributed by atoms with van der Waals surface area (Å²) in [5.41, 5.74) is 6.87. The highest BCUT2D eigenvalue weighted by Crippen LogP contribution is 2.25. The molecule has 1 aliphatic rings. The molecule has 1 saturated carbocycles. The molecule has 1 aromatic heterocycles. The topological polar surface area (TPSA) is 73.1 Å². The smallest absolute Gasteiger partial charge is 0.221 e. The molecule has 1 fully saturated rings. The summed E-state index contributed by atoms with van der Waals surface area (Å²) in [5, 5.41) is 3.40. The maximum Gasteiger partial charge on any atom is 0.221 e. The summed E-state index contributed by atoms with van der Waals surface area (Å²) < 4.78 is 5.18. The number of aromatic nitrogens is 2. The SMILES string of the molecule is COc1ncnc(NCC2CCC(N)CC2)c1C. The van der Waals surface area contributed by atoms with Crippen molar-refractivity contribution in [3.05, 3.63) is 11.9 Å². The van der Waals surface area contributed by atoms with Gasteiger partial charge in [-0.1, -0.05) is 0 Å². The molecule has 3 N–H and O–H groups in total. The predicted octanol–water partition coefficient (Wildman–Crippen LogP) is 1.72. The third-order valence-electron chi connectivity index (χ3n) is 3.68. The summed E-state index contributed by atoms with van der Waals surface area (Å²) in [5.74, 6) is 2.21. The highest BCUT2D eigenvalue weighted by atomic mass is 16.5. The van der Waals surface area contributed by atoms with Gasteiger partial charge in [0, 0.05) is 12.6 Å². The number of ether oxygens (including phenoxy) is 1. The van der Waals surface area contributed by atoms with E-state index >= 15 is 0 Å². The van der Waals surface area contributed by atoms with E-state index in [2.05, 4.69) is 15.3 Å². The van der Waals surface area contributed by atoms with Crippen LogP contribution in [-0.4, -0.2) is 29.7 Å². The van der Waals surface area contributed by atoms with Gasteiger partial charge < -0.3 is 15.8 Å². The first-order chi connectivity index (χ1) is 8.70. The molecule has 2 rings (SSSR count). The van der Waals surface area contributed by atoms with Crippen LogP contribution < -0.4 is 15.8 Å². The Kier molecular flexibility index (Phi) is 4.36. The number of nitrogens with one attached hydrogen (secondary N) is 1. The lowest BCUT2D eigenvalue weighted by atomic mass is 9.86. The van der Waals surface area contributed by atoms with Crippen molar-refractivity contribution >= 4 is 5.82 Å². The van der Waals surface area contributed by atoms with Crippen molar-refractivity contribution in [3.63, 3.8) is 0 Å². The Morgan fingerprint density at radius 2 is 2.06 bits per heavy atom. The molecule has 1 heterocycles. The molecular formula is C13H22N4O. The maximum absolute atomic E-state index is 5.91. The number of methoxy groups -OCH3 is 1. The Bertz CT molecular complexity index is 389. The van der Waals surface area contributed by atoms with Gasteiger partial charge in [-0.05, 0) is 38.5 Å². The second-order valence-electron chi connectivity index (χ2n) is 5.02. The van der Waals surface area contributed by atoms with Crippen LogP contribution in [0.15, 0.2) is 6.33 Å². The monoisotopic (exact) mass is 250 g/mol. The molecule has 0 amide bonds. The molecule has 0 saturated heterocycles. The standard InChI is InChI=1S/C13H22N4O/c1-9-12(16-8-17-13(9)18-2)15-7-10-3-5-11(14)6-4-10/h8,10-11H,3-7,14H2,1-2H3,(H,15,16,17). The van der Waals surface area contributed by atoms with Gasteiger partial charge in [0.15, 0.2) is 0 Å². The Labute approximate surface area is 108 Å². The molecule has 0 spiro atoms. The lowest BCUT2D eigenvalue weighted by molar-refractivity contribution is 0.338. The number of nitrogens with two attached hydrogens (primary N) is 1. The highest BCUT2D eigenvalue weighted by molar-refractivity contribution is 5.47. The Balaban J connectivity index is 1.90. The van der Waals surface area contributed by atoms with E-state index in [0.29, 0.717) is 17.8 Å². The Morgan fingerprint density at radius 3 is 2.72 bits per heavy atom. The molecule has 1 aromatic rings. The number of rotatable bonds is 4. The number of hydrogen-bond donors (Lipinski definition) is 2. The van der Waals surface area contributed by atoms with Gasteiger partial charge in [0.1, 0.15) is 12.1 Å². The summed E-state index contributed by atoms with van der Waals surface area (Å²) in [7, 11) is 1.63. The molecule has 0 radical (unpaired) electrons. The number of nitrogens with zero attached hydrogens (tertiary/aromatic N) is 2. The lowest BCUT2D eigenvalue weighted by Crippen LogP contribution is -2.29. The average Bonchev–Trinajstić information content (AvgIpc) is 2.39. The third-order valence-corrected chi connectivity index (χ3v) is 3.68. The quantitative estimate of drug-likeness (QED) is 0.851. The van der Waals surface area contributed by atoms with E-state index in [1.54, 1.807) is 7.11 Å². The molecule has 100 valence electrons. The van der Waals surface area contributed by atoms with Crippen LogP contribution in [0, 0.1) is 12.8 Å². The zero-order valence-corrected chi connectivity index (χ0v) is 11.1. The van der Waals surface area contributed by atoms with Gasteiger partial charge in [-0.15, -0.1) is 0 Å². The van der Waals surface area contributed by atoms with E-state index in [0.717, 1.165) is 30.8 Å². The van der Waals surface area contributed by atoms with Crippen LogP contribution in [0.25, 0.3) is 0 Å². The minimum atomic E-state index is 0.405. The molecule has 0 unspecified atom stereocenters. The van der Waals surface area contributed by atoms with Crippen molar-refractivity contribution in [2.45, 2.75) is 38.6 Å². The Hall–Kier alpha value is -1.36. The molecule has 0 aromatic carbocycles. The van der Waals surface area contributed by atoms with Gasteiger partial charge in [-0.2, -0.15) is 0 Å². The van der Waals surface area contributed by atoms with Gasteiger partial charge in [-0.3, -0.25) is 0 Å².